The summed E-state index contributed by atoms with van der Waals surface area (Å²) in [5, 5.41) is 9.28. The third kappa shape index (κ3) is 5.80. The van der Waals surface area contributed by atoms with Gasteiger partial charge in [0.25, 0.3) is 0 Å². The Morgan fingerprint density at radius 1 is 1.29 bits per heavy atom. The molecule has 96 valence electrons. The van der Waals surface area contributed by atoms with Crippen LogP contribution in [0.2, 0.25) is 0 Å². The summed E-state index contributed by atoms with van der Waals surface area (Å²) in [7, 11) is 0. The number of rotatable bonds is 8. The summed E-state index contributed by atoms with van der Waals surface area (Å²) in [6.45, 7) is 3.63. The van der Waals surface area contributed by atoms with Gasteiger partial charge in [0.2, 0.25) is 0 Å². The van der Waals surface area contributed by atoms with Gasteiger partial charge in [-0.25, -0.2) is 4.39 Å². The van der Waals surface area contributed by atoms with Gasteiger partial charge in [0, 0.05) is 19.8 Å². The molecule has 0 fully saturated rings. The Bertz CT molecular complexity index is 298. The van der Waals surface area contributed by atoms with Gasteiger partial charge in [0.05, 0.1) is 0 Å². The van der Waals surface area contributed by atoms with Gasteiger partial charge in [-0.15, -0.1) is 0 Å². The number of aliphatic hydroxyl groups is 1. The Kier molecular flexibility index (Phi) is 6.82. The molecule has 1 rings (SSSR count). The zero-order valence-electron chi connectivity index (χ0n) is 10.4. The third-order valence-electron chi connectivity index (χ3n) is 2.80. The van der Waals surface area contributed by atoms with Crippen LogP contribution < -0.4 is 0 Å². The number of hydrogen-bond donors (Lipinski definition) is 1. The lowest BCUT2D eigenvalue weighted by atomic mass is 9.96. The van der Waals surface area contributed by atoms with E-state index in [1.807, 2.05) is 6.92 Å². The van der Waals surface area contributed by atoms with E-state index < -0.39 is 0 Å². The van der Waals surface area contributed by atoms with E-state index in [0.717, 1.165) is 38.0 Å². The second-order valence-corrected chi connectivity index (χ2v) is 4.22. The van der Waals surface area contributed by atoms with Crippen LogP contribution in [-0.2, 0) is 11.2 Å². The molecule has 1 unspecified atom stereocenters. The van der Waals surface area contributed by atoms with Crippen LogP contribution in [0, 0.1) is 11.7 Å². The molecule has 0 heterocycles. The van der Waals surface area contributed by atoms with Gasteiger partial charge >= 0.3 is 0 Å². The lowest BCUT2D eigenvalue weighted by Crippen LogP contribution is -2.11. The molecule has 2 nitrogen and oxygen atoms in total. The summed E-state index contributed by atoms with van der Waals surface area (Å²) in [6.07, 6.45) is 2.69. The molecule has 0 aliphatic carbocycles. The molecule has 1 N–H and O–H groups in total. The average Bonchev–Trinajstić information content (AvgIpc) is 2.35. The van der Waals surface area contributed by atoms with Crippen LogP contribution in [0.1, 0.15) is 25.3 Å². The summed E-state index contributed by atoms with van der Waals surface area (Å²) in [5.41, 5.74) is 1.07. The van der Waals surface area contributed by atoms with Crippen LogP contribution in [0.3, 0.4) is 0 Å². The van der Waals surface area contributed by atoms with Crippen molar-refractivity contribution >= 4 is 0 Å². The molecule has 0 amide bonds. The molecule has 17 heavy (non-hydrogen) atoms. The summed E-state index contributed by atoms with van der Waals surface area (Å²) < 4.78 is 18.0. The van der Waals surface area contributed by atoms with Crippen LogP contribution in [0.5, 0.6) is 0 Å². The summed E-state index contributed by atoms with van der Waals surface area (Å²) in [6, 6.07) is 6.48. The molecular weight excluding hydrogens is 219 g/mol. The minimum absolute atomic E-state index is 0.170. The Labute approximate surface area is 102 Å². The highest BCUT2D eigenvalue weighted by Gasteiger charge is 2.08. The molecule has 0 saturated heterocycles. The van der Waals surface area contributed by atoms with Crippen molar-refractivity contribution in [2.75, 3.05) is 19.8 Å². The quantitative estimate of drug-likeness (QED) is 0.708. The van der Waals surface area contributed by atoms with Gasteiger partial charge in [-0.3, -0.25) is 0 Å². The van der Waals surface area contributed by atoms with Gasteiger partial charge < -0.3 is 9.84 Å². The Morgan fingerprint density at radius 2 is 2.00 bits per heavy atom. The minimum atomic E-state index is -0.217. The zero-order chi connectivity index (χ0) is 12.5. The van der Waals surface area contributed by atoms with Crippen molar-refractivity contribution in [2.24, 2.45) is 5.92 Å². The monoisotopic (exact) mass is 240 g/mol. The minimum Gasteiger partial charge on any atom is -0.396 e. The largest absolute Gasteiger partial charge is 0.396 e. The second-order valence-electron chi connectivity index (χ2n) is 4.22. The molecule has 3 heteroatoms. The highest BCUT2D eigenvalue weighted by atomic mass is 19.1. The highest BCUT2D eigenvalue weighted by Crippen LogP contribution is 2.14. The smallest absolute Gasteiger partial charge is 0.123 e. The van der Waals surface area contributed by atoms with E-state index in [1.165, 1.54) is 12.1 Å². The fourth-order valence-electron chi connectivity index (χ4n) is 1.83. The van der Waals surface area contributed by atoms with E-state index in [0.29, 0.717) is 0 Å². The average molecular weight is 240 g/mol. The lowest BCUT2D eigenvalue weighted by Gasteiger charge is -2.14. The lowest BCUT2D eigenvalue weighted by molar-refractivity contribution is 0.132. The van der Waals surface area contributed by atoms with Crippen molar-refractivity contribution in [3.05, 3.63) is 35.6 Å². The highest BCUT2D eigenvalue weighted by molar-refractivity contribution is 5.16. The van der Waals surface area contributed by atoms with Crippen molar-refractivity contribution in [1.29, 1.82) is 0 Å². The fourth-order valence-corrected chi connectivity index (χ4v) is 1.83. The molecule has 1 aromatic rings. The molecule has 0 aliphatic heterocycles. The first kappa shape index (κ1) is 14.1. The van der Waals surface area contributed by atoms with E-state index in [4.69, 9.17) is 4.74 Å². The molecule has 0 bridgehead atoms. The second kappa shape index (κ2) is 8.20. The molecule has 0 aliphatic rings. The van der Waals surface area contributed by atoms with Gasteiger partial charge in [-0.1, -0.05) is 12.1 Å². The molecule has 0 spiro atoms. The molecule has 0 saturated carbocycles. The van der Waals surface area contributed by atoms with E-state index in [-0.39, 0.29) is 18.3 Å². The van der Waals surface area contributed by atoms with Crippen LogP contribution in [0.25, 0.3) is 0 Å². The predicted molar refractivity (Wildman–Crippen MR) is 66.4 cm³/mol. The fraction of sp³-hybridized carbons (Fsp3) is 0.571. The first-order valence-corrected chi connectivity index (χ1v) is 6.19. The SMILES string of the molecule is CCOCCCC(CO)Cc1ccc(F)cc1. The summed E-state index contributed by atoms with van der Waals surface area (Å²) in [5.74, 6) is 0.0200. The van der Waals surface area contributed by atoms with Crippen LogP contribution in [0.15, 0.2) is 24.3 Å². The van der Waals surface area contributed by atoms with Crippen molar-refractivity contribution < 1.29 is 14.2 Å². The van der Waals surface area contributed by atoms with E-state index in [1.54, 1.807) is 12.1 Å². The Hall–Kier alpha value is -0.930. The van der Waals surface area contributed by atoms with Gasteiger partial charge in [-0.2, -0.15) is 0 Å². The summed E-state index contributed by atoms with van der Waals surface area (Å²) in [4.78, 5) is 0. The van der Waals surface area contributed by atoms with Crippen molar-refractivity contribution in [3.63, 3.8) is 0 Å². The zero-order valence-corrected chi connectivity index (χ0v) is 10.4. The molecule has 0 radical (unpaired) electrons. The van der Waals surface area contributed by atoms with Crippen molar-refractivity contribution in [2.45, 2.75) is 26.2 Å². The molecule has 1 aromatic carbocycles. The maximum Gasteiger partial charge on any atom is 0.123 e. The van der Waals surface area contributed by atoms with E-state index in [2.05, 4.69) is 0 Å². The van der Waals surface area contributed by atoms with Crippen LogP contribution >= 0.6 is 0 Å². The van der Waals surface area contributed by atoms with E-state index >= 15 is 0 Å². The van der Waals surface area contributed by atoms with Crippen LogP contribution in [-0.4, -0.2) is 24.9 Å². The third-order valence-corrected chi connectivity index (χ3v) is 2.80. The first-order valence-electron chi connectivity index (χ1n) is 6.19. The topological polar surface area (TPSA) is 29.5 Å². The predicted octanol–water partition coefficient (Wildman–Crippen LogP) is 2.79. The number of halogens is 1. The standard InChI is InChI=1S/C14H21FO2/c1-2-17-9-3-4-13(11-16)10-12-5-7-14(15)8-6-12/h5-8,13,16H,2-4,9-11H2,1H3. The normalized spacial score (nSPS) is 12.6. The Morgan fingerprint density at radius 3 is 2.59 bits per heavy atom. The number of aliphatic hydroxyl groups excluding tert-OH is 1. The number of benzene rings is 1. The van der Waals surface area contributed by atoms with Crippen molar-refractivity contribution in [3.8, 4) is 0 Å². The Balaban J connectivity index is 2.33. The number of hydrogen-bond acceptors (Lipinski definition) is 2. The van der Waals surface area contributed by atoms with Gasteiger partial charge in [-0.05, 0) is 49.8 Å². The van der Waals surface area contributed by atoms with Gasteiger partial charge in [0.15, 0.2) is 0 Å². The molecule has 0 aromatic heterocycles. The maximum absolute atomic E-state index is 12.7. The molecular formula is C14H21FO2. The van der Waals surface area contributed by atoms with Gasteiger partial charge in [0.1, 0.15) is 5.82 Å². The first-order chi connectivity index (χ1) is 8.26. The van der Waals surface area contributed by atoms with Crippen LogP contribution in [0.4, 0.5) is 4.39 Å². The maximum atomic E-state index is 12.7. The summed E-state index contributed by atoms with van der Waals surface area (Å²) >= 11 is 0. The molecule has 1 atom stereocenters. The van der Waals surface area contributed by atoms with E-state index in [9.17, 15) is 9.50 Å². The number of ether oxygens (including phenoxy) is 1. The van der Waals surface area contributed by atoms with Crippen molar-refractivity contribution in [1.82, 2.24) is 0 Å².